The molecule has 4 atom stereocenters. The monoisotopic (exact) mass is 292 g/mol. The molecule has 2 saturated carbocycles. The Morgan fingerprint density at radius 1 is 1.14 bits per heavy atom. The van der Waals surface area contributed by atoms with Crippen LogP contribution in [0.5, 0.6) is 0 Å². The molecule has 2 saturated heterocycles. The van der Waals surface area contributed by atoms with Gasteiger partial charge in [0, 0.05) is 6.61 Å². The molecule has 4 rings (SSSR count). The van der Waals surface area contributed by atoms with Crippen molar-refractivity contribution in [1.29, 1.82) is 0 Å². The van der Waals surface area contributed by atoms with Crippen LogP contribution in [0.3, 0.4) is 0 Å². The Morgan fingerprint density at radius 2 is 1.86 bits per heavy atom. The summed E-state index contributed by atoms with van der Waals surface area (Å²) in [7, 11) is 0. The topological polar surface area (TPSA) is 58.6 Å². The van der Waals surface area contributed by atoms with E-state index in [0.29, 0.717) is 18.3 Å². The van der Waals surface area contributed by atoms with Crippen molar-refractivity contribution >= 4 is 11.8 Å². The highest BCUT2D eigenvalue weighted by molar-refractivity contribution is 5.97. The van der Waals surface area contributed by atoms with Gasteiger partial charge in [-0.3, -0.25) is 9.59 Å². The zero-order valence-electron chi connectivity index (χ0n) is 12.6. The van der Waals surface area contributed by atoms with Crippen LogP contribution in [0.25, 0.3) is 0 Å². The first-order valence-corrected chi connectivity index (χ1v) is 8.45. The molecule has 2 heterocycles. The molecule has 5 heteroatoms. The minimum absolute atomic E-state index is 0.0375. The van der Waals surface area contributed by atoms with Crippen LogP contribution >= 0.6 is 0 Å². The molecule has 116 valence electrons. The van der Waals surface area contributed by atoms with E-state index >= 15 is 0 Å². The SMILES string of the molecule is CCC1C(=O)NC(C2CC2)C(=O)N1C1CCOC1C1CC1. The summed E-state index contributed by atoms with van der Waals surface area (Å²) in [4.78, 5) is 27.3. The fraction of sp³-hybridized carbons (Fsp3) is 0.875. The van der Waals surface area contributed by atoms with Crippen LogP contribution in [-0.4, -0.2) is 47.6 Å². The Bertz CT molecular complexity index is 458. The third-order valence-electron chi connectivity index (χ3n) is 5.48. The minimum Gasteiger partial charge on any atom is -0.376 e. The van der Waals surface area contributed by atoms with Gasteiger partial charge in [0.2, 0.25) is 11.8 Å². The van der Waals surface area contributed by atoms with Gasteiger partial charge in [0.05, 0.1) is 12.1 Å². The summed E-state index contributed by atoms with van der Waals surface area (Å²) in [6.07, 6.45) is 6.27. The van der Waals surface area contributed by atoms with Crippen LogP contribution in [0.4, 0.5) is 0 Å². The average Bonchev–Trinajstić information content (AvgIpc) is 3.39. The largest absolute Gasteiger partial charge is 0.376 e. The van der Waals surface area contributed by atoms with E-state index in [4.69, 9.17) is 4.74 Å². The van der Waals surface area contributed by atoms with Crippen molar-refractivity contribution in [2.24, 2.45) is 11.8 Å². The quantitative estimate of drug-likeness (QED) is 0.843. The van der Waals surface area contributed by atoms with Gasteiger partial charge in [0.15, 0.2) is 0 Å². The van der Waals surface area contributed by atoms with Crippen molar-refractivity contribution in [3.63, 3.8) is 0 Å². The van der Waals surface area contributed by atoms with Crippen LogP contribution in [0.2, 0.25) is 0 Å². The van der Waals surface area contributed by atoms with E-state index in [2.05, 4.69) is 5.32 Å². The van der Waals surface area contributed by atoms with Gasteiger partial charge < -0.3 is 15.0 Å². The highest BCUT2D eigenvalue weighted by Crippen LogP contribution is 2.42. The zero-order valence-corrected chi connectivity index (χ0v) is 12.6. The van der Waals surface area contributed by atoms with Gasteiger partial charge in [-0.1, -0.05) is 6.92 Å². The molecule has 4 fully saturated rings. The van der Waals surface area contributed by atoms with E-state index in [1.165, 1.54) is 12.8 Å². The highest BCUT2D eigenvalue weighted by Gasteiger charge is 2.52. The van der Waals surface area contributed by atoms with E-state index in [1.54, 1.807) is 0 Å². The fourth-order valence-corrected chi connectivity index (χ4v) is 4.05. The van der Waals surface area contributed by atoms with Gasteiger partial charge in [-0.05, 0) is 50.4 Å². The first-order chi connectivity index (χ1) is 10.2. The Morgan fingerprint density at radius 3 is 2.48 bits per heavy atom. The maximum Gasteiger partial charge on any atom is 0.246 e. The summed E-state index contributed by atoms with van der Waals surface area (Å²) in [5, 5.41) is 2.97. The van der Waals surface area contributed by atoms with Crippen LogP contribution < -0.4 is 5.32 Å². The first kappa shape index (κ1) is 13.6. The summed E-state index contributed by atoms with van der Waals surface area (Å²) in [5.41, 5.74) is 0. The van der Waals surface area contributed by atoms with Crippen molar-refractivity contribution in [3.8, 4) is 0 Å². The number of rotatable bonds is 4. The molecule has 0 bridgehead atoms. The van der Waals surface area contributed by atoms with Gasteiger partial charge in [0.25, 0.3) is 0 Å². The maximum atomic E-state index is 13.0. The van der Waals surface area contributed by atoms with Gasteiger partial charge in [-0.25, -0.2) is 0 Å². The molecule has 0 radical (unpaired) electrons. The van der Waals surface area contributed by atoms with E-state index in [0.717, 1.165) is 25.9 Å². The van der Waals surface area contributed by atoms with Crippen LogP contribution in [0.1, 0.15) is 45.4 Å². The summed E-state index contributed by atoms with van der Waals surface area (Å²) in [6.45, 7) is 2.71. The lowest BCUT2D eigenvalue weighted by Crippen LogP contribution is -2.67. The molecule has 2 amide bonds. The molecule has 2 aliphatic heterocycles. The molecule has 4 aliphatic rings. The Kier molecular flexibility index (Phi) is 3.21. The predicted molar refractivity (Wildman–Crippen MR) is 76.4 cm³/mol. The molecule has 0 spiro atoms. The van der Waals surface area contributed by atoms with Crippen molar-refractivity contribution in [2.45, 2.75) is 69.7 Å². The molecule has 1 N–H and O–H groups in total. The third kappa shape index (κ3) is 2.26. The normalized spacial score (nSPS) is 40.5. The molecule has 21 heavy (non-hydrogen) atoms. The molecular formula is C16H24N2O3. The Balaban J connectivity index is 1.61. The molecular weight excluding hydrogens is 268 g/mol. The number of nitrogens with zero attached hydrogens (tertiary/aromatic N) is 1. The van der Waals surface area contributed by atoms with E-state index in [-0.39, 0.29) is 36.0 Å². The molecule has 0 aromatic rings. The van der Waals surface area contributed by atoms with E-state index in [9.17, 15) is 9.59 Å². The van der Waals surface area contributed by atoms with Gasteiger partial charge in [-0.2, -0.15) is 0 Å². The molecule has 5 nitrogen and oxygen atoms in total. The van der Waals surface area contributed by atoms with Gasteiger partial charge in [-0.15, -0.1) is 0 Å². The zero-order chi connectivity index (χ0) is 14.6. The molecule has 2 aliphatic carbocycles. The number of hydrogen-bond acceptors (Lipinski definition) is 3. The van der Waals surface area contributed by atoms with Gasteiger partial charge >= 0.3 is 0 Å². The maximum absolute atomic E-state index is 13.0. The first-order valence-electron chi connectivity index (χ1n) is 8.45. The second-order valence-electron chi connectivity index (χ2n) is 7.02. The number of amides is 2. The average molecular weight is 292 g/mol. The summed E-state index contributed by atoms with van der Waals surface area (Å²) in [6, 6.07) is -0.469. The number of piperazine rings is 1. The third-order valence-corrected chi connectivity index (χ3v) is 5.48. The van der Waals surface area contributed by atoms with Gasteiger partial charge in [0.1, 0.15) is 12.1 Å². The smallest absolute Gasteiger partial charge is 0.246 e. The number of ether oxygens (including phenoxy) is 1. The number of nitrogens with one attached hydrogen (secondary N) is 1. The molecule has 4 unspecified atom stereocenters. The Hall–Kier alpha value is -1.10. The highest BCUT2D eigenvalue weighted by atomic mass is 16.5. The number of hydrogen-bond donors (Lipinski definition) is 1. The van der Waals surface area contributed by atoms with E-state index in [1.807, 2.05) is 11.8 Å². The lowest BCUT2D eigenvalue weighted by Gasteiger charge is -2.43. The lowest BCUT2D eigenvalue weighted by molar-refractivity contribution is -0.154. The fourth-order valence-electron chi connectivity index (χ4n) is 4.05. The van der Waals surface area contributed by atoms with Crippen molar-refractivity contribution in [1.82, 2.24) is 10.2 Å². The second kappa shape index (κ2) is 4.97. The minimum atomic E-state index is -0.305. The lowest BCUT2D eigenvalue weighted by atomic mass is 9.95. The molecule has 0 aromatic carbocycles. The van der Waals surface area contributed by atoms with Crippen LogP contribution in [-0.2, 0) is 14.3 Å². The van der Waals surface area contributed by atoms with Crippen molar-refractivity contribution in [3.05, 3.63) is 0 Å². The number of carbonyl (C=O) groups excluding carboxylic acids is 2. The standard InChI is InChI=1S/C16H24N2O3/c1-2-11-15(19)17-13(9-3-4-9)16(20)18(11)12-7-8-21-14(12)10-5-6-10/h9-14H,2-8H2,1H3,(H,17,19). The second-order valence-corrected chi connectivity index (χ2v) is 7.02. The summed E-state index contributed by atoms with van der Waals surface area (Å²) >= 11 is 0. The van der Waals surface area contributed by atoms with E-state index < -0.39 is 0 Å². The summed E-state index contributed by atoms with van der Waals surface area (Å²) in [5.74, 6) is 1.15. The van der Waals surface area contributed by atoms with Crippen LogP contribution in [0.15, 0.2) is 0 Å². The molecule has 0 aromatic heterocycles. The number of carbonyl (C=O) groups is 2. The Labute approximate surface area is 125 Å². The predicted octanol–water partition coefficient (Wildman–Crippen LogP) is 1.07. The summed E-state index contributed by atoms with van der Waals surface area (Å²) < 4.78 is 5.90. The van der Waals surface area contributed by atoms with Crippen molar-refractivity contribution < 1.29 is 14.3 Å². The van der Waals surface area contributed by atoms with Crippen LogP contribution in [0, 0.1) is 11.8 Å². The van der Waals surface area contributed by atoms with Crippen molar-refractivity contribution in [2.75, 3.05) is 6.61 Å².